The zero-order valence-electron chi connectivity index (χ0n) is 10.7. The van der Waals surface area contributed by atoms with Crippen LogP contribution in [0.1, 0.15) is 31.4 Å². The summed E-state index contributed by atoms with van der Waals surface area (Å²) in [5.74, 6) is -0.966. The minimum absolute atomic E-state index is 0.0222. The summed E-state index contributed by atoms with van der Waals surface area (Å²) in [6.45, 7) is 0.599. The van der Waals surface area contributed by atoms with E-state index in [4.69, 9.17) is 5.11 Å². The van der Waals surface area contributed by atoms with Crippen LogP contribution in [0.4, 0.5) is 0 Å². The number of aromatic nitrogens is 1. The molecule has 0 radical (unpaired) electrons. The molecule has 104 valence electrons. The van der Waals surface area contributed by atoms with Crippen molar-refractivity contribution in [1.29, 1.82) is 0 Å². The molecule has 2 N–H and O–H groups in total. The van der Waals surface area contributed by atoms with Gasteiger partial charge in [0.25, 0.3) is 0 Å². The van der Waals surface area contributed by atoms with Crippen LogP contribution < -0.4 is 5.32 Å². The third-order valence-corrected chi connectivity index (χ3v) is 4.25. The number of rotatable bonds is 5. The van der Waals surface area contributed by atoms with Gasteiger partial charge in [0.2, 0.25) is 5.91 Å². The zero-order valence-corrected chi connectivity index (χ0v) is 11.5. The monoisotopic (exact) mass is 282 g/mol. The van der Waals surface area contributed by atoms with Crippen molar-refractivity contribution in [3.05, 3.63) is 16.6 Å². The van der Waals surface area contributed by atoms with Gasteiger partial charge >= 0.3 is 5.97 Å². The molecule has 0 aromatic carbocycles. The molecule has 1 aliphatic carbocycles. The smallest absolute Gasteiger partial charge is 0.306 e. The summed E-state index contributed by atoms with van der Waals surface area (Å²) in [7, 11) is 0. The number of carbonyl (C=O) groups is 2. The normalized spacial score (nSPS) is 22.9. The van der Waals surface area contributed by atoms with Crippen molar-refractivity contribution in [2.45, 2.75) is 32.1 Å². The van der Waals surface area contributed by atoms with Gasteiger partial charge in [0.05, 0.1) is 17.1 Å². The Hall–Kier alpha value is -1.43. The Kier molecular flexibility index (Phi) is 4.90. The van der Waals surface area contributed by atoms with E-state index in [1.54, 1.807) is 16.8 Å². The minimum atomic E-state index is -0.734. The van der Waals surface area contributed by atoms with Gasteiger partial charge in [-0.15, -0.1) is 11.3 Å². The third-order valence-electron chi connectivity index (χ3n) is 3.61. The van der Waals surface area contributed by atoms with Crippen molar-refractivity contribution < 1.29 is 14.7 Å². The van der Waals surface area contributed by atoms with Gasteiger partial charge in [-0.2, -0.15) is 0 Å². The molecule has 6 heteroatoms. The highest BCUT2D eigenvalue weighted by atomic mass is 32.1. The second kappa shape index (κ2) is 6.65. The predicted octanol–water partition coefficient (Wildman–Crippen LogP) is 1.69. The molecule has 0 aliphatic heterocycles. The fraction of sp³-hybridized carbons (Fsp3) is 0.615. The predicted molar refractivity (Wildman–Crippen MR) is 71.9 cm³/mol. The number of carbonyl (C=O) groups excluding carboxylic acids is 1. The summed E-state index contributed by atoms with van der Waals surface area (Å²) < 4.78 is 0. The first-order valence-corrected chi connectivity index (χ1v) is 7.48. The van der Waals surface area contributed by atoms with Crippen LogP contribution in [0.5, 0.6) is 0 Å². The van der Waals surface area contributed by atoms with E-state index in [2.05, 4.69) is 10.3 Å². The number of thiazole rings is 1. The molecule has 0 bridgehead atoms. The van der Waals surface area contributed by atoms with Crippen LogP contribution in [0.3, 0.4) is 0 Å². The Bertz CT molecular complexity index is 425. The molecule has 1 fully saturated rings. The highest BCUT2D eigenvalue weighted by molar-refractivity contribution is 7.07. The molecule has 0 unspecified atom stereocenters. The van der Waals surface area contributed by atoms with Crippen molar-refractivity contribution in [3.8, 4) is 0 Å². The summed E-state index contributed by atoms with van der Waals surface area (Å²) in [5, 5.41) is 13.8. The summed E-state index contributed by atoms with van der Waals surface area (Å²) in [5.41, 5.74) is 2.78. The minimum Gasteiger partial charge on any atom is -0.481 e. The first-order valence-electron chi connectivity index (χ1n) is 6.54. The van der Waals surface area contributed by atoms with E-state index in [-0.39, 0.29) is 17.7 Å². The van der Waals surface area contributed by atoms with Crippen molar-refractivity contribution in [3.63, 3.8) is 0 Å². The average Bonchev–Trinajstić information content (AvgIpc) is 2.92. The van der Waals surface area contributed by atoms with Crippen LogP contribution in [-0.2, 0) is 16.0 Å². The Labute approximate surface area is 116 Å². The number of hydrogen-bond acceptors (Lipinski definition) is 4. The number of carboxylic acids is 1. The van der Waals surface area contributed by atoms with Crippen molar-refractivity contribution in [1.82, 2.24) is 10.3 Å². The maximum absolute atomic E-state index is 11.9. The van der Waals surface area contributed by atoms with Crippen LogP contribution in [-0.4, -0.2) is 28.5 Å². The largest absolute Gasteiger partial charge is 0.481 e. The van der Waals surface area contributed by atoms with E-state index in [1.165, 1.54) is 0 Å². The fourth-order valence-electron chi connectivity index (χ4n) is 2.42. The Morgan fingerprint density at radius 3 is 2.58 bits per heavy atom. The number of hydrogen-bond donors (Lipinski definition) is 2. The number of amides is 1. The zero-order chi connectivity index (χ0) is 13.7. The lowest BCUT2D eigenvalue weighted by molar-refractivity contribution is -0.144. The Morgan fingerprint density at radius 2 is 2.00 bits per heavy atom. The molecule has 1 aliphatic rings. The number of carboxylic acid groups (broad SMARTS) is 1. The molecule has 0 spiro atoms. The van der Waals surface area contributed by atoms with Gasteiger partial charge in [-0.3, -0.25) is 9.59 Å². The van der Waals surface area contributed by atoms with Crippen molar-refractivity contribution in [2.75, 3.05) is 6.54 Å². The Balaban J connectivity index is 1.68. The first kappa shape index (κ1) is 14.0. The third kappa shape index (κ3) is 4.02. The molecule has 1 saturated carbocycles. The van der Waals surface area contributed by atoms with E-state index in [1.807, 2.05) is 5.38 Å². The maximum Gasteiger partial charge on any atom is 0.306 e. The maximum atomic E-state index is 11.9. The topological polar surface area (TPSA) is 79.3 Å². The van der Waals surface area contributed by atoms with Gasteiger partial charge in [-0.1, -0.05) is 0 Å². The van der Waals surface area contributed by atoms with E-state index < -0.39 is 5.97 Å². The fourth-order valence-corrected chi connectivity index (χ4v) is 3.01. The van der Waals surface area contributed by atoms with E-state index in [9.17, 15) is 9.59 Å². The van der Waals surface area contributed by atoms with Gasteiger partial charge in [0.15, 0.2) is 0 Å². The van der Waals surface area contributed by atoms with Crippen LogP contribution in [0.2, 0.25) is 0 Å². The van der Waals surface area contributed by atoms with Crippen LogP contribution in [0, 0.1) is 11.8 Å². The van der Waals surface area contributed by atoms with Gasteiger partial charge in [0.1, 0.15) is 0 Å². The Morgan fingerprint density at radius 1 is 1.32 bits per heavy atom. The summed E-state index contributed by atoms with van der Waals surface area (Å²) in [6, 6.07) is 0. The highest BCUT2D eigenvalue weighted by Gasteiger charge is 2.29. The summed E-state index contributed by atoms with van der Waals surface area (Å²) in [4.78, 5) is 26.9. The lowest BCUT2D eigenvalue weighted by Gasteiger charge is -2.25. The van der Waals surface area contributed by atoms with Gasteiger partial charge in [-0.05, 0) is 25.7 Å². The average molecular weight is 282 g/mol. The SMILES string of the molecule is O=C(O)C1CCC(C(=O)NCCc2cscn2)CC1. The summed E-state index contributed by atoms with van der Waals surface area (Å²) >= 11 is 1.55. The van der Waals surface area contributed by atoms with Gasteiger partial charge < -0.3 is 10.4 Å². The van der Waals surface area contributed by atoms with Crippen LogP contribution in [0.15, 0.2) is 10.9 Å². The van der Waals surface area contributed by atoms with Crippen LogP contribution in [0.25, 0.3) is 0 Å². The molecule has 1 aromatic rings. The van der Waals surface area contributed by atoms with Crippen molar-refractivity contribution in [2.24, 2.45) is 11.8 Å². The standard InChI is InChI=1S/C13H18N2O3S/c16-12(14-6-5-11-7-19-8-15-11)9-1-3-10(4-2-9)13(17)18/h7-10H,1-6H2,(H,14,16)(H,17,18). The summed E-state index contributed by atoms with van der Waals surface area (Å²) in [6.07, 6.45) is 3.33. The first-order chi connectivity index (χ1) is 9.16. The highest BCUT2D eigenvalue weighted by Crippen LogP contribution is 2.28. The molecule has 2 rings (SSSR count). The van der Waals surface area contributed by atoms with Crippen LogP contribution >= 0.6 is 11.3 Å². The lowest BCUT2D eigenvalue weighted by atomic mass is 9.81. The molecule has 1 aromatic heterocycles. The van der Waals surface area contributed by atoms with E-state index in [0.717, 1.165) is 12.1 Å². The second-order valence-electron chi connectivity index (χ2n) is 4.91. The van der Waals surface area contributed by atoms with Crippen molar-refractivity contribution >= 4 is 23.2 Å². The van der Waals surface area contributed by atoms with E-state index >= 15 is 0 Å². The quantitative estimate of drug-likeness (QED) is 0.861. The molecule has 0 saturated heterocycles. The number of aliphatic carboxylic acids is 1. The molecule has 1 heterocycles. The van der Waals surface area contributed by atoms with Gasteiger partial charge in [0, 0.05) is 24.3 Å². The molecule has 5 nitrogen and oxygen atoms in total. The van der Waals surface area contributed by atoms with E-state index in [0.29, 0.717) is 32.2 Å². The number of nitrogens with one attached hydrogen (secondary N) is 1. The second-order valence-corrected chi connectivity index (χ2v) is 5.63. The van der Waals surface area contributed by atoms with Gasteiger partial charge in [-0.25, -0.2) is 4.98 Å². The number of nitrogens with zero attached hydrogens (tertiary/aromatic N) is 1. The molecule has 0 atom stereocenters. The molecule has 19 heavy (non-hydrogen) atoms. The molecular weight excluding hydrogens is 264 g/mol. The molecule has 1 amide bonds. The molecular formula is C13H18N2O3S. The lowest BCUT2D eigenvalue weighted by Crippen LogP contribution is -2.35.